The van der Waals surface area contributed by atoms with Crippen molar-refractivity contribution in [3.05, 3.63) is 34.1 Å². The van der Waals surface area contributed by atoms with Crippen LogP contribution in [0, 0.1) is 11.7 Å². The smallest absolute Gasteiger partial charge is 0.254 e. The maximum atomic E-state index is 13.2. The first kappa shape index (κ1) is 12.1. The normalized spacial score (nSPS) is 21.6. The maximum Gasteiger partial charge on any atom is 0.254 e. The van der Waals surface area contributed by atoms with E-state index in [2.05, 4.69) is 15.9 Å². The van der Waals surface area contributed by atoms with Crippen LogP contribution in [0.25, 0.3) is 0 Å². The van der Waals surface area contributed by atoms with E-state index in [1.165, 1.54) is 12.1 Å². The molecule has 1 aliphatic carbocycles. The average molecular weight is 314 g/mol. The van der Waals surface area contributed by atoms with Gasteiger partial charge in [-0.3, -0.25) is 4.79 Å². The van der Waals surface area contributed by atoms with Gasteiger partial charge in [-0.25, -0.2) is 4.39 Å². The first-order chi connectivity index (χ1) is 8.48. The fourth-order valence-electron chi connectivity index (χ4n) is 2.50. The van der Waals surface area contributed by atoms with Crippen molar-refractivity contribution in [3.8, 4) is 0 Å². The Balaban J connectivity index is 1.72. The number of likely N-dealkylation sites (tertiary alicyclic amines) is 1. The molecule has 5 heteroatoms. The highest BCUT2D eigenvalue weighted by molar-refractivity contribution is 9.10. The molecule has 0 radical (unpaired) electrons. The predicted molar refractivity (Wildman–Crippen MR) is 67.7 cm³/mol. The molecule has 1 heterocycles. The van der Waals surface area contributed by atoms with E-state index < -0.39 is 11.4 Å². The lowest BCUT2D eigenvalue weighted by Gasteiger charge is -2.47. The molecule has 2 aliphatic rings. The number of benzene rings is 1. The Hall–Kier alpha value is -0.940. The summed E-state index contributed by atoms with van der Waals surface area (Å²) in [7, 11) is 0. The van der Waals surface area contributed by atoms with Crippen molar-refractivity contribution in [2.75, 3.05) is 13.1 Å². The van der Waals surface area contributed by atoms with Gasteiger partial charge < -0.3 is 10.0 Å². The molecule has 18 heavy (non-hydrogen) atoms. The predicted octanol–water partition coefficient (Wildman–Crippen LogP) is 2.19. The van der Waals surface area contributed by atoms with Crippen LogP contribution in [0.4, 0.5) is 4.39 Å². The third-order valence-electron chi connectivity index (χ3n) is 3.66. The summed E-state index contributed by atoms with van der Waals surface area (Å²) in [6, 6.07) is 4.13. The summed E-state index contributed by atoms with van der Waals surface area (Å²) in [5.74, 6) is -0.313. The summed E-state index contributed by atoms with van der Waals surface area (Å²) in [5, 5.41) is 10.1. The van der Waals surface area contributed by atoms with E-state index >= 15 is 0 Å². The molecule has 1 aromatic rings. The Morgan fingerprint density at radius 3 is 2.61 bits per heavy atom. The molecule has 3 nitrogen and oxygen atoms in total. The molecule has 0 bridgehead atoms. The van der Waals surface area contributed by atoms with E-state index in [9.17, 15) is 14.3 Å². The quantitative estimate of drug-likeness (QED) is 0.909. The molecule has 1 aromatic carbocycles. The topological polar surface area (TPSA) is 40.5 Å². The minimum absolute atomic E-state index is 0.222. The maximum absolute atomic E-state index is 13.2. The van der Waals surface area contributed by atoms with E-state index in [0.717, 1.165) is 12.8 Å². The molecule has 1 saturated heterocycles. The summed E-state index contributed by atoms with van der Waals surface area (Å²) in [6.07, 6.45) is 2.09. The van der Waals surface area contributed by atoms with Gasteiger partial charge in [0, 0.05) is 10.0 Å². The molecule has 0 unspecified atom stereocenters. The molecular formula is C13H13BrFNO2. The number of rotatable bonds is 2. The van der Waals surface area contributed by atoms with Gasteiger partial charge >= 0.3 is 0 Å². The highest BCUT2D eigenvalue weighted by atomic mass is 79.9. The van der Waals surface area contributed by atoms with Crippen LogP contribution in [-0.4, -0.2) is 34.6 Å². The largest absolute Gasteiger partial charge is 0.386 e. The number of nitrogens with zero attached hydrogens (tertiary/aromatic N) is 1. The molecule has 0 aromatic heterocycles. The Morgan fingerprint density at radius 2 is 2.06 bits per heavy atom. The standard InChI is InChI=1S/C13H13BrFNO2/c14-10-3-8(4-11(15)5-10)12(17)16-6-13(18,7-16)9-1-2-9/h3-5,9,18H,1-2,6-7H2. The molecule has 1 N–H and O–H groups in total. The van der Waals surface area contributed by atoms with Crippen LogP contribution >= 0.6 is 15.9 Å². The van der Waals surface area contributed by atoms with Crippen molar-refractivity contribution in [3.63, 3.8) is 0 Å². The van der Waals surface area contributed by atoms with E-state index in [0.29, 0.717) is 29.0 Å². The van der Waals surface area contributed by atoms with Crippen LogP contribution in [0.3, 0.4) is 0 Å². The van der Waals surface area contributed by atoms with Gasteiger partial charge in [-0.05, 0) is 37.0 Å². The summed E-state index contributed by atoms with van der Waals surface area (Å²) in [6.45, 7) is 0.731. The van der Waals surface area contributed by atoms with Crippen molar-refractivity contribution >= 4 is 21.8 Å². The second-order valence-corrected chi connectivity index (χ2v) is 6.11. The summed E-state index contributed by atoms with van der Waals surface area (Å²) in [5.41, 5.74) is -0.375. The number of carbonyl (C=O) groups excluding carboxylic acids is 1. The third-order valence-corrected chi connectivity index (χ3v) is 4.12. The minimum atomic E-state index is -0.694. The second-order valence-electron chi connectivity index (χ2n) is 5.20. The molecule has 3 rings (SSSR count). The number of β-amino-alcohol motifs (C(OH)–C–C–N with tert-alkyl or cyclic N) is 1. The molecule has 2 fully saturated rings. The molecule has 1 saturated carbocycles. The molecule has 0 spiro atoms. The Labute approximate surface area is 113 Å². The van der Waals surface area contributed by atoms with E-state index in [-0.39, 0.29) is 5.91 Å². The molecular weight excluding hydrogens is 301 g/mol. The second kappa shape index (κ2) is 4.03. The summed E-state index contributed by atoms with van der Waals surface area (Å²) >= 11 is 3.17. The number of amides is 1. The van der Waals surface area contributed by atoms with Crippen LogP contribution in [-0.2, 0) is 0 Å². The van der Waals surface area contributed by atoms with Crippen molar-refractivity contribution in [1.29, 1.82) is 0 Å². The summed E-state index contributed by atoms with van der Waals surface area (Å²) < 4.78 is 13.8. The van der Waals surface area contributed by atoms with E-state index in [1.807, 2.05) is 0 Å². The molecule has 0 atom stereocenters. The number of hydrogen-bond donors (Lipinski definition) is 1. The van der Waals surface area contributed by atoms with Crippen molar-refractivity contribution < 1.29 is 14.3 Å². The fourth-order valence-corrected chi connectivity index (χ4v) is 2.96. The Kier molecular flexibility index (Phi) is 2.71. The van der Waals surface area contributed by atoms with Gasteiger partial charge in [-0.15, -0.1) is 0 Å². The van der Waals surface area contributed by atoms with E-state index in [4.69, 9.17) is 0 Å². The number of carbonyl (C=O) groups is 1. The minimum Gasteiger partial charge on any atom is -0.386 e. The van der Waals surface area contributed by atoms with Crippen LogP contribution in [0.15, 0.2) is 22.7 Å². The first-order valence-electron chi connectivity index (χ1n) is 5.96. The monoisotopic (exact) mass is 313 g/mol. The van der Waals surface area contributed by atoms with Gasteiger partial charge in [-0.2, -0.15) is 0 Å². The Morgan fingerprint density at radius 1 is 1.39 bits per heavy atom. The van der Waals surface area contributed by atoms with Crippen molar-refractivity contribution in [2.45, 2.75) is 18.4 Å². The molecule has 1 aliphatic heterocycles. The van der Waals surface area contributed by atoms with Crippen LogP contribution in [0.1, 0.15) is 23.2 Å². The molecule has 96 valence electrons. The average Bonchev–Trinajstić information content (AvgIpc) is 3.06. The van der Waals surface area contributed by atoms with Gasteiger partial charge in [-0.1, -0.05) is 15.9 Å². The van der Waals surface area contributed by atoms with Crippen molar-refractivity contribution in [2.24, 2.45) is 5.92 Å². The highest BCUT2D eigenvalue weighted by Gasteiger charge is 2.53. The lowest BCUT2D eigenvalue weighted by atomic mass is 9.88. The summed E-state index contributed by atoms with van der Waals surface area (Å²) in [4.78, 5) is 13.7. The lowest BCUT2D eigenvalue weighted by Crippen LogP contribution is -2.64. The zero-order valence-corrected chi connectivity index (χ0v) is 11.3. The van der Waals surface area contributed by atoms with Gasteiger partial charge in [0.05, 0.1) is 13.1 Å². The van der Waals surface area contributed by atoms with Crippen LogP contribution in [0.5, 0.6) is 0 Å². The highest BCUT2D eigenvalue weighted by Crippen LogP contribution is 2.44. The lowest BCUT2D eigenvalue weighted by molar-refractivity contribution is -0.0958. The van der Waals surface area contributed by atoms with Gasteiger partial charge in [0.1, 0.15) is 11.4 Å². The van der Waals surface area contributed by atoms with Gasteiger partial charge in [0.2, 0.25) is 0 Å². The van der Waals surface area contributed by atoms with Crippen LogP contribution in [0.2, 0.25) is 0 Å². The van der Waals surface area contributed by atoms with Crippen LogP contribution < -0.4 is 0 Å². The van der Waals surface area contributed by atoms with E-state index in [1.54, 1.807) is 11.0 Å². The fraction of sp³-hybridized carbons (Fsp3) is 0.462. The first-order valence-corrected chi connectivity index (χ1v) is 6.75. The molecule has 1 amide bonds. The van der Waals surface area contributed by atoms with Gasteiger partial charge in [0.15, 0.2) is 0 Å². The SMILES string of the molecule is O=C(c1cc(F)cc(Br)c1)N1CC(O)(C2CC2)C1. The number of aliphatic hydroxyl groups is 1. The Bertz CT molecular complexity index is 489. The zero-order chi connectivity index (χ0) is 12.9. The number of hydrogen-bond acceptors (Lipinski definition) is 2. The van der Waals surface area contributed by atoms with Gasteiger partial charge in [0.25, 0.3) is 5.91 Å². The zero-order valence-electron chi connectivity index (χ0n) is 9.70. The number of halogens is 2. The van der Waals surface area contributed by atoms with Crippen molar-refractivity contribution in [1.82, 2.24) is 4.90 Å². The third kappa shape index (κ3) is 2.06.